The first-order valence-electron chi connectivity index (χ1n) is 5.89. The van der Waals surface area contributed by atoms with E-state index in [1.54, 1.807) is 0 Å². The minimum Gasteiger partial charge on any atom is -0.388 e. The monoisotopic (exact) mass is 385 g/mol. The zero-order chi connectivity index (χ0) is 15.5. The molecule has 0 aliphatic carbocycles. The molecule has 0 spiro atoms. The lowest BCUT2D eigenvalue weighted by Gasteiger charge is -2.10. The molecule has 0 atom stereocenters. The van der Waals surface area contributed by atoms with E-state index in [1.165, 1.54) is 18.3 Å². The number of nitrogens with zero attached hydrogens (tertiary/aromatic N) is 1. The third kappa shape index (κ3) is 4.07. The SMILES string of the molecule is NC(=S)c1ncccc1S(=O)(=O)NCc1cccc(Br)c1. The predicted molar refractivity (Wildman–Crippen MR) is 88.3 cm³/mol. The molecule has 0 saturated carbocycles. The van der Waals surface area contributed by atoms with Crippen LogP contribution in [0.15, 0.2) is 52.0 Å². The van der Waals surface area contributed by atoms with Crippen LogP contribution in [0.3, 0.4) is 0 Å². The van der Waals surface area contributed by atoms with Crippen molar-refractivity contribution in [3.63, 3.8) is 0 Å². The highest BCUT2D eigenvalue weighted by Crippen LogP contribution is 2.15. The van der Waals surface area contributed by atoms with Crippen molar-refractivity contribution in [1.29, 1.82) is 0 Å². The van der Waals surface area contributed by atoms with Gasteiger partial charge in [-0.05, 0) is 29.8 Å². The zero-order valence-corrected chi connectivity index (χ0v) is 14.0. The van der Waals surface area contributed by atoms with Gasteiger partial charge in [0.2, 0.25) is 10.0 Å². The molecule has 2 aromatic rings. The van der Waals surface area contributed by atoms with Gasteiger partial charge in [-0.15, -0.1) is 0 Å². The molecule has 0 amide bonds. The molecule has 3 N–H and O–H groups in total. The second-order valence-electron chi connectivity index (χ2n) is 4.17. The number of hydrogen-bond acceptors (Lipinski definition) is 4. The van der Waals surface area contributed by atoms with Gasteiger partial charge in [-0.25, -0.2) is 13.1 Å². The Hall–Kier alpha value is -1.35. The molecule has 1 aromatic carbocycles. The van der Waals surface area contributed by atoms with Gasteiger partial charge < -0.3 is 5.73 Å². The van der Waals surface area contributed by atoms with Crippen LogP contribution >= 0.6 is 28.1 Å². The standard InChI is InChI=1S/C13H12BrN3O2S2/c14-10-4-1-3-9(7-10)8-17-21(18,19)11-5-2-6-16-12(11)13(15)20/h1-7,17H,8H2,(H2,15,20). The van der Waals surface area contributed by atoms with Crippen LogP contribution in [-0.4, -0.2) is 18.4 Å². The predicted octanol–water partition coefficient (Wildman–Crippen LogP) is 1.96. The third-order valence-electron chi connectivity index (χ3n) is 2.65. The molecule has 0 bridgehead atoms. The molecule has 1 heterocycles. The molecular weight excluding hydrogens is 374 g/mol. The van der Waals surface area contributed by atoms with Crippen LogP contribution in [0, 0.1) is 0 Å². The summed E-state index contributed by atoms with van der Waals surface area (Å²) < 4.78 is 28.1. The molecular formula is C13H12BrN3O2S2. The lowest BCUT2D eigenvalue weighted by molar-refractivity contribution is 0.580. The summed E-state index contributed by atoms with van der Waals surface area (Å²) in [6.07, 6.45) is 1.45. The summed E-state index contributed by atoms with van der Waals surface area (Å²) in [4.78, 5) is 3.84. The fourth-order valence-corrected chi connectivity index (χ4v) is 3.56. The maximum Gasteiger partial charge on any atom is 0.243 e. The molecule has 0 aliphatic rings. The number of nitrogens with two attached hydrogens (primary N) is 1. The number of benzene rings is 1. The number of hydrogen-bond donors (Lipinski definition) is 2. The number of aromatic nitrogens is 1. The normalized spacial score (nSPS) is 11.3. The third-order valence-corrected chi connectivity index (χ3v) is 4.77. The summed E-state index contributed by atoms with van der Waals surface area (Å²) in [5.41, 5.74) is 6.43. The molecule has 8 heteroatoms. The maximum absolute atomic E-state index is 12.3. The van der Waals surface area contributed by atoms with Gasteiger partial charge in [0.15, 0.2) is 0 Å². The molecule has 5 nitrogen and oxygen atoms in total. The minimum atomic E-state index is -3.74. The highest BCUT2D eigenvalue weighted by molar-refractivity contribution is 9.10. The van der Waals surface area contributed by atoms with E-state index < -0.39 is 10.0 Å². The molecule has 0 unspecified atom stereocenters. The Morgan fingerprint density at radius 2 is 2.10 bits per heavy atom. The van der Waals surface area contributed by atoms with E-state index in [0.717, 1.165) is 10.0 Å². The van der Waals surface area contributed by atoms with E-state index in [2.05, 4.69) is 25.6 Å². The van der Waals surface area contributed by atoms with E-state index in [4.69, 9.17) is 18.0 Å². The van der Waals surface area contributed by atoms with Gasteiger partial charge in [0.25, 0.3) is 0 Å². The second kappa shape index (κ2) is 6.61. The van der Waals surface area contributed by atoms with Crippen molar-refractivity contribution >= 4 is 43.2 Å². The first kappa shape index (κ1) is 16.0. The van der Waals surface area contributed by atoms with Gasteiger partial charge in [0.05, 0.1) is 0 Å². The minimum absolute atomic E-state index is 0.0208. The summed E-state index contributed by atoms with van der Waals surface area (Å²) in [5.74, 6) is 0. The van der Waals surface area contributed by atoms with E-state index in [-0.39, 0.29) is 22.1 Å². The molecule has 2 rings (SSSR count). The smallest absolute Gasteiger partial charge is 0.243 e. The van der Waals surface area contributed by atoms with Crippen molar-refractivity contribution in [3.8, 4) is 0 Å². The Kier molecular flexibility index (Phi) is 5.04. The lowest BCUT2D eigenvalue weighted by atomic mass is 10.2. The fraction of sp³-hybridized carbons (Fsp3) is 0.0769. The Morgan fingerprint density at radius 1 is 1.33 bits per heavy atom. The van der Waals surface area contributed by atoms with Crippen molar-refractivity contribution in [3.05, 3.63) is 58.3 Å². The average Bonchev–Trinajstić information content (AvgIpc) is 2.45. The second-order valence-corrected chi connectivity index (χ2v) is 7.26. The van der Waals surface area contributed by atoms with Crippen molar-refractivity contribution in [2.45, 2.75) is 11.4 Å². The molecule has 110 valence electrons. The summed E-state index contributed by atoms with van der Waals surface area (Å²) in [6, 6.07) is 10.3. The van der Waals surface area contributed by atoms with Crippen LogP contribution in [0.25, 0.3) is 0 Å². The maximum atomic E-state index is 12.3. The van der Waals surface area contributed by atoms with Crippen molar-refractivity contribution < 1.29 is 8.42 Å². The fourth-order valence-electron chi connectivity index (χ4n) is 1.70. The van der Waals surface area contributed by atoms with Crippen LogP contribution in [0.1, 0.15) is 11.3 Å². The van der Waals surface area contributed by atoms with E-state index >= 15 is 0 Å². The van der Waals surface area contributed by atoms with Crippen LogP contribution < -0.4 is 10.5 Å². The highest BCUT2D eigenvalue weighted by Gasteiger charge is 2.20. The highest BCUT2D eigenvalue weighted by atomic mass is 79.9. The molecule has 0 radical (unpaired) electrons. The molecule has 0 aliphatic heterocycles. The van der Waals surface area contributed by atoms with Crippen LogP contribution in [0.5, 0.6) is 0 Å². The van der Waals surface area contributed by atoms with Crippen LogP contribution in [0.4, 0.5) is 0 Å². The van der Waals surface area contributed by atoms with Gasteiger partial charge in [-0.1, -0.05) is 40.3 Å². The van der Waals surface area contributed by atoms with Gasteiger partial charge in [0.1, 0.15) is 15.6 Å². The van der Waals surface area contributed by atoms with E-state index in [0.29, 0.717) is 0 Å². The Morgan fingerprint density at radius 3 is 2.76 bits per heavy atom. The number of pyridine rings is 1. The summed E-state index contributed by atoms with van der Waals surface area (Å²) in [6.45, 7) is 0.160. The molecule has 0 saturated heterocycles. The molecule has 1 aromatic heterocycles. The largest absolute Gasteiger partial charge is 0.388 e. The quantitative estimate of drug-likeness (QED) is 0.768. The average molecular weight is 386 g/mol. The number of sulfonamides is 1. The van der Waals surface area contributed by atoms with Gasteiger partial charge >= 0.3 is 0 Å². The van der Waals surface area contributed by atoms with Crippen molar-refractivity contribution in [1.82, 2.24) is 9.71 Å². The van der Waals surface area contributed by atoms with Crippen LogP contribution in [0.2, 0.25) is 0 Å². The topological polar surface area (TPSA) is 85.1 Å². The molecule has 21 heavy (non-hydrogen) atoms. The first-order chi connectivity index (χ1) is 9.90. The number of nitrogens with one attached hydrogen (secondary N) is 1. The van der Waals surface area contributed by atoms with Crippen LogP contribution in [-0.2, 0) is 16.6 Å². The van der Waals surface area contributed by atoms with E-state index in [9.17, 15) is 8.42 Å². The van der Waals surface area contributed by atoms with Gasteiger partial charge in [-0.2, -0.15) is 0 Å². The summed E-state index contributed by atoms with van der Waals surface area (Å²) in [7, 11) is -3.74. The molecule has 0 fully saturated rings. The summed E-state index contributed by atoms with van der Waals surface area (Å²) in [5, 5.41) is 0. The number of thiocarbonyl (C=S) groups is 1. The van der Waals surface area contributed by atoms with Gasteiger partial charge in [0, 0.05) is 17.2 Å². The Balaban J connectivity index is 2.25. The first-order valence-corrected chi connectivity index (χ1v) is 8.57. The number of rotatable bonds is 5. The van der Waals surface area contributed by atoms with Gasteiger partial charge in [-0.3, -0.25) is 4.98 Å². The Bertz CT molecular complexity index is 778. The van der Waals surface area contributed by atoms with E-state index in [1.807, 2.05) is 24.3 Å². The summed E-state index contributed by atoms with van der Waals surface area (Å²) >= 11 is 8.17. The zero-order valence-electron chi connectivity index (χ0n) is 10.8. The van der Waals surface area contributed by atoms with Crippen molar-refractivity contribution in [2.24, 2.45) is 5.73 Å². The van der Waals surface area contributed by atoms with Crippen molar-refractivity contribution in [2.75, 3.05) is 0 Å². The Labute approximate surface area is 136 Å². The lowest BCUT2D eigenvalue weighted by Crippen LogP contribution is -2.27. The number of halogens is 1.